The number of alkyl halides is 1. The molecule has 19 heteroatoms. The van der Waals surface area contributed by atoms with Gasteiger partial charge in [-0.05, 0) is 57.0 Å². The van der Waals surface area contributed by atoms with Gasteiger partial charge < -0.3 is 25.2 Å². The molecule has 3 saturated heterocycles. The molecule has 60 heavy (non-hydrogen) atoms. The fraction of sp³-hybridized carbons (Fsp3) is 0.463. The third-order valence-corrected chi connectivity index (χ3v) is 11.9. The zero-order valence-electron chi connectivity index (χ0n) is 34.0. The number of aromatic nitrogens is 6. The molecular weight excluding hydrogens is 795 g/mol. The van der Waals surface area contributed by atoms with Gasteiger partial charge in [-0.25, -0.2) is 14.4 Å². The highest BCUT2D eigenvalue weighted by Crippen LogP contribution is 2.34. The molecule has 5 aromatic rings. The zero-order chi connectivity index (χ0) is 42.2. The van der Waals surface area contributed by atoms with Crippen molar-refractivity contribution in [3.8, 4) is 5.75 Å². The average Bonchev–Trinajstić information content (AvgIpc) is 3.56. The zero-order valence-corrected chi connectivity index (χ0v) is 34.7. The first kappa shape index (κ1) is 40.9. The number of benzene rings is 1. The molecule has 0 spiro atoms. The highest BCUT2D eigenvalue weighted by atomic mass is 35.5. The van der Waals surface area contributed by atoms with Gasteiger partial charge in [0.05, 0.1) is 41.8 Å². The number of halogens is 2. The van der Waals surface area contributed by atoms with E-state index in [2.05, 4.69) is 57.9 Å². The molecule has 4 aromatic heterocycles. The number of ether oxygens (including phenoxy) is 1. The average molecular weight is 843 g/mol. The first-order valence-corrected chi connectivity index (χ1v) is 20.6. The first-order valence-electron chi connectivity index (χ1n) is 20.2. The lowest BCUT2D eigenvalue weighted by molar-refractivity contribution is -0.134. The number of hydrogen-bond donors (Lipinski definition) is 3. The minimum absolute atomic E-state index is 0.0242. The topological polar surface area (TPSA) is 185 Å². The van der Waals surface area contributed by atoms with Crippen LogP contribution < -0.4 is 36.0 Å². The number of nitrogens with one attached hydrogen (secondary N) is 3. The van der Waals surface area contributed by atoms with Gasteiger partial charge in [0.15, 0.2) is 18.2 Å². The number of piperidine rings is 2. The summed E-state index contributed by atoms with van der Waals surface area (Å²) in [5.74, 6) is -0.784. The maximum Gasteiger partial charge on any atom is 0.294 e. The van der Waals surface area contributed by atoms with Crippen molar-refractivity contribution in [1.29, 1.82) is 0 Å². The molecule has 0 saturated carbocycles. The van der Waals surface area contributed by atoms with E-state index < -0.39 is 17.6 Å². The van der Waals surface area contributed by atoms with Gasteiger partial charge in [0, 0.05) is 88.2 Å². The predicted molar refractivity (Wildman–Crippen MR) is 226 cm³/mol. The third-order valence-electron chi connectivity index (χ3n) is 11.6. The van der Waals surface area contributed by atoms with Gasteiger partial charge in [-0.2, -0.15) is 10.1 Å². The molecule has 3 unspecified atom stereocenters. The van der Waals surface area contributed by atoms with Crippen molar-refractivity contribution in [3.63, 3.8) is 0 Å². The van der Waals surface area contributed by atoms with E-state index in [0.717, 1.165) is 42.8 Å². The fourth-order valence-electron chi connectivity index (χ4n) is 8.34. The van der Waals surface area contributed by atoms with Crippen LogP contribution in [0.1, 0.15) is 50.8 Å². The molecule has 0 bridgehead atoms. The summed E-state index contributed by atoms with van der Waals surface area (Å²) in [5.41, 5.74) is 3.30. The Morgan fingerprint density at radius 3 is 2.57 bits per heavy atom. The quantitative estimate of drug-likeness (QED) is 0.164. The summed E-state index contributed by atoms with van der Waals surface area (Å²) >= 11 is 6.54. The van der Waals surface area contributed by atoms with Crippen LogP contribution in [0.5, 0.6) is 5.75 Å². The molecule has 1 aromatic carbocycles. The normalized spacial score (nSPS) is 20.2. The summed E-state index contributed by atoms with van der Waals surface area (Å²) in [5, 5.41) is 14.6. The van der Waals surface area contributed by atoms with Crippen LogP contribution in [0.25, 0.3) is 21.9 Å². The number of pyridine rings is 2. The second-order valence-corrected chi connectivity index (χ2v) is 16.3. The molecule has 3 N–H and O–H groups in total. The van der Waals surface area contributed by atoms with Crippen molar-refractivity contribution < 1.29 is 23.5 Å². The molecule has 3 fully saturated rings. The van der Waals surface area contributed by atoms with E-state index in [9.17, 15) is 19.2 Å². The minimum atomic E-state index is -1.08. The van der Waals surface area contributed by atoms with Crippen LogP contribution in [0.15, 0.2) is 47.5 Å². The third kappa shape index (κ3) is 8.30. The monoisotopic (exact) mass is 842 g/mol. The van der Waals surface area contributed by atoms with E-state index in [0.29, 0.717) is 66.5 Å². The number of piperazine rings is 1. The smallest absolute Gasteiger partial charge is 0.294 e. The summed E-state index contributed by atoms with van der Waals surface area (Å²) in [6.45, 7) is 8.01. The number of amides is 3. The molecule has 3 amide bonds. The second kappa shape index (κ2) is 17.0. The van der Waals surface area contributed by atoms with E-state index in [-0.39, 0.29) is 53.6 Å². The van der Waals surface area contributed by atoms with E-state index in [1.165, 1.54) is 17.8 Å². The molecule has 3 atom stereocenters. The van der Waals surface area contributed by atoms with Crippen molar-refractivity contribution >= 4 is 74.4 Å². The number of aryl methyl sites for hydroxylation is 1. The number of carbonyl (C=O) groups excluding carboxylic acids is 3. The number of rotatable bonds is 11. The maximum absolute atomic E-state index is 15.9. The molecule has 0 radical (unpaired) electrons. The fourth-order valence-corrected chi connectivity index (χ4v) is 8.48. The molecule has 3 aliphatic heterocycles. The van der Waals surface area contributed by atoms with Crippen LogP contribution in [0, 0.1) is 5.92 Å². The Bertz CT molecular complexity index is 2520. The van der Waals surface area contributed by atoms with Crippen molar-refractivity contribution in [2.45, 2.75) is 51.2 Å². The molecule has 316 valence electrons. The van der Waals surface area contributed by atoms with Gasteiger partial charge >= 0.3 is 0 Å². The number of likely N-dealkylation sites (N-methyl/N-ethyl adjacent to an activating group) is 1. The predicted octanol–water partition coefficient (Wildman–Crippen LogP) is 3.68. The van der Waals surface area contributed by atoms with Crippen LogP contribution in [0.3, 0.4) is 0 Å². The number of fused-ring (bicyclic) bond motifs is 2. The van der Waals surface area contributed by atoms with Crippen LogP contribution in [0.2, 0.25) is 5.02 Å². The van der Waals surface area contributed by atoms with Gasteiger partial charge in [-0.15, -0.1) is 0 Å². The van der Waals surface area contributed by atoms with Gasteiger partial charge in [-0.3, -0.25) is 38.6 Å². The molecule has 8 rings (SSSR count). The number of anilines is 4. The molecule has 0 aliphatic carbocycles. The Hall–Kier alpha value is -5.88. The van der Waals surface area contributed by atoms with Crippen LogP contribution in [0.4, 0.5) is 27.5 Å². The summed E-state index contributed by atoms with van der Waals surface area (Å²) in [6, 6.07) is 9.31. The summed E-state index contributed by atoms with van der Waals surface area (Å²) in [7, 11) is 3.36. The van der Waals surface area contributed by atoms with Crippen LogP contribution in [-0.4, -0.2) is 118 Å². The van der Waals surface area contributed by atoms with E-state index in [1.54, 1.807) is 23.0 Å². The number of carbonyl (C=O) groups is 3. The lowest BCUT2D eigenvalue weighted by Gasteiger charge is -2.40. The Balaban J connectivity index is 0.879. The van der Waals surface area contributed by atoms with Gasteiger partial charge in [-0.1, -0.05) is 11.6 Å². The largest absolute Gasteiger partial charge is 0.478 e. The lowest BCUT2D eigenvalue weighted by Crippen LogP contribution is -2.51. The van der Waals surface area contributed by atoms with Crippen molar-refractivity contribution in [2.24, 2.45) is 13.0 Å². The minimum Gasteiger partial charge on any atom is -0.478 e. The SMILES string of the molecule is CNC(=O)COc1cc2cc(Nc3nc(N4CCC(CN5CCN(c6ccc7c(C8CCC(=O)NC8=O)nn(C)c7c6)CC5)C(F)C4)ncc3Cl)cnc2n(C(C)C)c1=O. The van der Waals surface area contributed by atoms with E-state index in [4.69, 9.17) is 16.3 Å². The molecule has 3 aliphatic rings. The number of imide groups is 1. The summed E-state index contributed by atoms with van der Waals surface area (Å²) in [4.78, 5) is 69.5. The summed E-state index contributed by atoms with van der Waals surface area (Å²) < 4.78 is 24.8. The second-order valence-electron chi connectivity index (χ2n) is 15.9. The van der Waals surface area contributed by atoms with Crippen LogP contribution in [-0.2, 0) is 21.4 Å². The van der Waals surface area contributed by atoms with Crippen molar-refractivity contribution in [1.82, 2.24) is 44.8 Å². The molecular formula is C41H48ClFN12O5. The van der Waals surface area contributed by atoms with Crippen molar-refractivity contribution in [2.75, 3.05) is 74.6 Å². The van der Waals surface area contributed by atoms with Gasteiger partial charge in [0.2, 0.25) is 17.8 Å². The van der Waals surface area contributed by atoms with E-state index >= 15 is 4.39 Å². The number of hydrogen-bond acceptors (Lipinski definition) is 13. The molecule has 7 heterocycles. The Labute approximate surface area is 350 Å². The lowest BCUT2D eigenvalue weighted by atomic mass is 9.93. The van der Waals surface area contributed by atoms with Gasteiger partial charge in [0.1, 0.15) is 16.8 Å². The molecule has 17 nitrogen and oxygen atoms in total. The Kier molecular flexibility index (Phi) is 11.6. The first-order chi connectivity index (χ1) is 28.9. The maximum atomic E-state index is 15.9. The highest BCUT2D eigenvalue weighted by Gasteiger charge is 2.34. The standard InChI is InChI=1S/C41H48ClFN12O5/c1-23(2)55-38-25(16-33(40(55)59)60-22-35(57)44-3)15-26(18-45-38)47-37-30(42)19-46-41(49-37)54-10-9-24(31(43)21-54)20-52-11-13-53(14-12-52)27-5-6-28-32(17-27)51(4)50-36(28)29-7-8-34(56)48-39(29)58/h5-6,15-19,23-24,29,31H,7-14,20-22H2,1-4H3,(H,44,57)(H,46,47,49)(H,48,56,58). The van der Waals surface area contributed by atoms with Gasteiger partial charge in [0.25, 0.3) is 11.5 Å². The Morgan fingerprint density at radius 2 is 1.83 bits per heavy atom. The van der Waals surface area contributed by atoms with Crippen molar-refractivity contribution in [3.05, 3.63) is 63.8 Å². The highest BCUT2D eigenvalue weighted by molar-refractivity contribution is 6.33. The van der Waals surface area contributed by atoms with E-state index in [1.807, 2.05) is 31.9 Å². The summed E-state index contributed by atoms with van der Waals surface area (Å²) in [6.07, 6.45) is 3.37. The Morgan fingerprint density at radius 1 is 1.03 bits per heavy atom. The van der Waals surface area contributed by atoms with Crippen LogP contribution >= 0.6 is 11.6 Å². The number of nitrogens with zero attached hydrogens (tertiary/aromatic N) is 9.